The van der Waals surface area contributed by atoms with Gasteiger partial charge in [0.1, 0.15) is 16.9 Å². The zero-order chi connectivity index (χ0) is 28.4. The second-order valence-electron chi connectivity index (χ2n) is 9.68. The van der Waals surface area contributed by atoms with E-state index >= 15 is 13.2 Å². The summed E-state index contributed by atoms with van der Waals surface area (Å²) in [5, 5.41) is 7.05. The summed E-state index contributed by atoms with van der Waals surface area (Å²) in [6.07, 6.45) is -1.05. The van der Waals surface area contributed by atoms with Gasteiger partial charge in [-0.2, -0.15) is 4.98 Å². The number of halogens is 5. The van der Waals surface area contributed by atoms with Gasteiger partial charge in [0.05, 0.1) is 52.4 Å². The van der Waals surface area contributed by atoms with Crippen molar-refractivity contribution in [2.75, 3.05) is 38.7 Å². The molecule has 2 fully saturated rings. The number of likely N-dealkylation sites (tertiary alicyclic amines) is 1. The van der Waals surface area contributed by atoms with Crippen molar-refractivity contribution in [3.05, 3.63) is 36.0 Å². The van der Waals surface area contributed by atoms with Gasteiger partial charge >= 0.3 is 0 Å². The van der Waals surface area contributed by atoms with Gasteiger partial charge in [-0.3, -0.25) is 4.90 Å². The maximum absolute atomic E-state index is 15.1. The van der Waals surface area contributed by atoms with Gasteiger partial charge in [0.25, 0.3) is 12.3 Å². The highest BCUT2D eigenvalue weighted by atomic mass is 19.3. The third-order valence-electron chi connectivity index (χ3n) is 7.19. The topological polar surface area (TPSA) is 81.7 Å². The number of aromatic nitrogens is 5. The number of piperidine rings is 1. The zero-order valence-corrected chi connectivity index (χ0v) is 21.1. The molecule has 39 heavy (non-hydrogen) atoms. The van der Waals surface area contributed by atoms with Crippen molar-refractivity contribution in [3.8, 4) is 17.0 Å². The number of alkyl halides is 4. The highest BCUT2D eigenvalue weighted by Gasteiger charge is 2.47. The van der Waals surface area contributed by atoms with Crippen molar-refractivity contribution in [1.29, 1.82) is 0 Å². The Morgan fingerprint density at radius 1 is 1.28 bits per heavy atom. The summed E-state index contributed by atoms with van der Waals surface area (Å²) in [4.78, 5) is 9.83. The molecule has 0 amide bonds. The molecular weight excluding hydrogens is 525 g/mol. The average molecular weight is 553 g/mol. The number of nitrogens with one attached hydrogen (secondary N) is 1. The molecule has 0 bridgehead atoms. The number of hydrogen-bond donors (Lipinski definition) is 1. The molecule has 2 aliphatic rings. The first-order valence-electron chi connectivity index (χ1n) is 12.8. The van der Waals surface area contributed by atoms with E-state index in [0.717, 1.165) is 0 Å². The zero-order valence-electron chi connectivity index (χ0n) is 22.1. The highest BCUT2D eigenvalue weighted by Crippen LogP contribution is 2.36. The lowest BCUT2D eigenvalue weighted by Gasteiger charge is -2.44. The first-order valence-corrected chi connectivity index (χ1v) is 12.3. The molecule has 5 heterocycles. The maximum Gasteiger partial charge on any atom is 0.280 e. The molecule has 0 spiro atoms. The third kappa shape index (κ3) is 4.54. The van der Waals surface area contributed by atoms with Crippen molar-refractivity contribution in [3.63, 3.8) is 0 Å². The van der Waals surface area contributed by atoms with Crippen molar-refractivity contribution in [1.82, 2.24) is 29.0 Å². The SMILES string of the molecule is [2H]C1(N2CCC(Nc3nc(OC)c4c(-c5cc(F)c6nc(C)n(CC(F)F)c6c5)ccn4n3)C(F)(F)C2)COC1. The smallest absolute Gasteiger partial charge is 0.280 e. The Hall–Kier alpha value is -3.52. The van der Waals surface area contributed by atoms with Crippen molar-refractivity contribution >= 4 is 22.5 Å². The molecule has 6 rings (SSSR count). The molecule has 1 N–H and O–H groups in total. The van der Waals surface area contributed by atoms with E-state index in [-0.39, 0.29) is 54.9 Å². The van der Waals surface area contributed by atoms with Crippen LogP contribution in [0.4, 0.5) is 27.9 Å². The van der Waals surface area contributed by atoms with Gasteiger partial charge in [-0.25, -0.2) is 31.5 Å². The van der Waals surface area contributed by atoms with Gasteiger partial charge in [-0.1, -0.05) is 0 Å². The van der Waals surface area contributed by atoms with Gasteiger partial charge in [0.2, 0.25) is 11.8 Å². The Morgan fingerprint density at radius 3 is 2.74 bits per heavy atom. The van der Waals surface area contributed by atoms with Crippen molar-refractivity contribution in [2.45, 2.75) is 44.3 Å². The van der Waals surface area contributed by atoms with Crippen LogP contribution in [0.1, 0.15) is 13.6 Å². The van der Waals surface area contributed by atoms with Crippen molar-refractivity contribution in [2.24, 2.45) is 0 Å². The lowest BCUT2D eigenvalue weighted by molar-refractivity contribution is -0.131. The van der Waals surface area contributed by atoms with Crippen LogP contribution in [0, 0.1) is 12.7 Å². The van der Waals surface area contributed by atoms with Crippen LogP contribution in [0.25, 0.3) is 27.7 Å². The van der Waals surface area contributed by atoms with Crippen LogP contribution in [0.15, 0.2) is 24.4 Å². The number of nitrogens with zero attached hydrogens (tertiary/aromatic N) is 6. The van der Waals surface area contributed by atoms with E-state index in [0.29, 0.717) is 16.6 Å². The normalized spacial score (nSPS) is 21.3. The van der Waals surface area contributed by atoms with Gasteiger partial charge in [-0.05, 0) is 37.1 Å². The van der Waals surface area contributed by atoms with Crippen LogP contribution >= 0.6 is 0 Å². The van der Waals surface area contributed by atoms with Gasteiger partial charge in [0.15, 0.2) is 5.82 Å². The maximum atomic E-state index is 15.1. The molecule has 0 saturated carbocycles. The number of fused-ring (bicyclic) bond motifs is 2. The monoisotopic (exact) mass is 552 g/mol. The molecule has 9 nitrogen and oxygen atoms in total. The molecule has 1 aromatic carbocycles. The predicted molar refractivity (Wildman–Crippen MR) is 132 cm³/mol. The minimum Gasteiger partial charge on any atom is -0.479 e. The molecule has 3 aromatic heterocycles. The van der Waals surface area contributed by atoms with Crippen LogP contribution < -0.4 is 10.1 Å². The second-order valence-corrected chi connectivity index (χ2v) is 9.68. The first-order chi connectivity index (χ1) is 19.0. The number of ether oxygens (including phenoxy) is 2. The summed E-state index contributed by atoms with van der Waals surface area (Å²) in [5.41, 5.74) is 1.34. The Labute approximate surface area is 220 Å². The number of imidazole rings is 1. The molecule has 0 radical (unpaired) electrons. The third-order valence-corrected chi connectivity index (χ3v) is 7.19. The van der Waals surface area contributed by atoms with E-state index in [1.54, 1.807) is 18.3 Å². The van der Waals surface area contributed by atoms with E-state index in [4.69, 9.17) is 10.8 Å². The Balaban J connectivity index is 1.33. The lowest BCUT2D eigenvalue weighted by atomic mass is 9.98. The number of aryl methyl sites for hydroxylation is 1. The van der Waals surface area contributed by atoms with E-state index in [9.17, 15) is 8.78 Å². The predicted octanol–water partition coefficient (Wildman–Crippen LogP) is 3.99. The molecule has 0 aliphatic carbocycles. The summed E-state index contributed by atoms with van der Waals surface area (Å²) in [7, 11) is 1.36. The fraction of sp³-hybridized carbons (Fsp3) is 0.480. The lowest BCUT2D eigenvalue weighted by Crippen LogP contribution is -2.61. The number of hydrogen-bond acceptors (Lipinski definition) is 7. The molecule has 4 aromatic rings. The molecule has 208 valence electrons. The van der Waals surface area contributed by atoms with Crippen LogP contribution in [0.3, 0.4) is 0 Å². The molecule has 2 saturated heterocycles. The number of methoxy groups -OCH3 is 1. The second kappa shape index (κ2) is 9.59. The van der Waals surface area contributed by atoms with Crippen LogP contribution in [-0.4, -0.2) is 86.9 Å². The molecule has 1 atom stereocenters. The molecule has 14 heteroatoms. The summed E-state index contributed by atoms with van der Waals surface area (Å²) >= 11 is 0. The number of anilines is 1. The van der Waals surface area contributed by atoms with E-state index < -0.39 is 43.3 Å². The summed E-state index contributed by atoms with van der Waals surface area (Å²) in [6.45, 7) is 0.769. The Morgan fingerprint density at radius 2 is 2.08 bits per heavy atom. The summed E-state index contributed by atoms with van der Waals surface area (Å²) < 4.78 is 93.0. The fourth-order valence-corrected chi connectivity index (χ4v) is 5.17. The quantitative estimate of drug-likeness (QED) is 0.348. The minimum absolute atomic E-state index is 0.0201. The van der Waals surface area contributed by atoms with Gasteiger partial charge < -0.3 is 19.4 Å². The van der Waals surface area contributed by atoms with E-state index in [1.165, 1.54) is 34.1 Å². The highest BCUT2D eigenvalue weighted by molar-refractivity contribution is 5.90. The average Bonchev–Trinajstić information content (AvgIpc) is 3.44. The largest absolute Gasteiger partial charge is 0.479 e. The minimum atomic E-state index is -3.17. The van der Waals surface area contributed by atoms with E-state index in [1.807, 2.05) is 0 Å². The van der Waals surface area contributed by atoms with Gasteiger partial charge in [0, 0.05) is 18.3 Å². The first kappa shape index (κ1) is 24.5. The summed E-state index contributed by atoms with van der Waals surface area (Å²) in [5.74, 6) is -3.64. The Bertz CT molecular complexity index is 1590. The van der Waals surface area contributed by atoms with Gasteiger partial charge in [-0.15, -0.1) is 5.10 Å². The summed E-state index contributed by atoms with van der Waals surface area (Å²) in [6, 6.07) is 2.01. The number of rotatable bonds is 7. The Kier molecular flexibility index (Phi) is 6.03. The van der Waals surface area contributed by atoms with Crippen LogP contribution in [0.5, 0.6) is 5.88 Å². The molecule has 2 aliphatic heterocycles. The van der Waals surface area contributed by atoms with Crippen LogP contribution in [-0.2, 0) is 11.3 Å². The molecular formula is C25H26F5N7O2. The van der Waals surface area contributed by atoms with E-state index in [2.05, 4.69) is 20.4 Å². The fourth-order valence-electron chi connectivity index (χ4n) is 5.17. The molecule has 1 unspecified atom stereocenters. The standard InChI is InChI=1S/C25H26F5N7O2/c1-13-31-21-17(26)7-14(8-18(21)36(13)9-20(27)28)16-3-6-37-22(16)23(38-2)33-24(34-37)32-19-4-5-35(12-25(19,29)30)15-10-39-11-15/h3,6-8,15,19-20H,4-5,9-12H2,1-2H3,(H,32,34)/i15D. The van der Waals surface area contributed by atoms with Crippen LogP contribution in [0.2, 0.25) is 0 Å². The number of benzene rings is 1. The van der Waals surface area contributed by atoms with Crippen molar-refractivity contribution < 1.29 is 32.8 Å².